The van der Waals surface area contributed by atoms with Gasteiger partial charge >= 0.3 is 5.97 Å². The van der Waals surface area contributed by atoms with Crippen LogP contribution in [0.15, 0.2) is 4.79 Å². The van der Waals surface area contributed by atoms with Crippen molar-refractivity contribution in [3.8, 4) is 6.07 Å². The van der Waals surface area contributed by atoms with E-state index in [0.29, 0.717) is 4.66 Å². The van der Waals surface area contributed by atoms with Gasteiger partial charge in [0.05, 0.1) is 13.2 Å². The van der Waals surface area contributed by atoms with E-state index in [1.165, 1.54) is 13.2 Å². The van der Waals surface area contributed by atoms with Crippen LogP contribution in [0.1, 0.15) is 0 Å². The lowest BCUT2D eigenvalue weighted by molar-refractivity contribution is -0.133. The van der Waals surface area contributed by atoms with Gasteiger partial charge in [0, 0.05) is 12.2 Å². The van der Waals surface area contributed by atoms with Gasteiger partial charge in [-0.1, -0.05) is 0 Å². The maximum Gasteiger partial charge on any atom is 0.332 e. The topological polar surface area (TPSA) is 82.9 Å². The van der Waals surface area contributed by atoms with Gasteiger partial charge in [-0.3, -0.25) is 4.79 Å². The van der Waals surface area contributed by atoms with Gasteiger partial charge < -0.3 is 9.72 Å². The van der Waals surface area contributed by atoms with Crippen LogP contribution in [-0.2, 0) is 9.53 Å². The van der Waals surface area contributed by atoms with E-state index in [1.807, 2.05) is 0 Å². The molecular formula is C8H6N2O3S. The molecule has 1 aromatic heterocycles. The molecule has 1 N–H and O–H groups in total. The summed E-state index contributed by atoms with van der Waals surface area (Å²) in [7, 11) is 1.23. The number of nitrogens with zero attached hydrogens (tertiary/aromatic N) is 1. The van der Waals surface area contributed by atoms with Crippen LogP contribution in [0.25, 0.3) is 12.2 Å². The molecule has 72 valence electrons. The number of thiazole rings is 1. The summed E-state index contributed by atoms with van der Waals surface area (Å²) < 4.78 is 4.99. The Balaban J connectivity index is 3.33. The summed E-state index contributed by atoms with van der Waals surface area (Å²) in [6, 6.07) is 1.78. The van der Waals surface area contributed by atoms with Crippen molar-refractivity contribution in [2.45, 2.75) is 0 Å². The van der Waals surface area contributed by atoms with E-state index < -0.39 is 11.5 Å². The molecule has 0 saturated carbocycles. The molecule has 0 spiro atoms. The average molecular weight is 210 g/mol. The second-order valence-electron chi connectivity index (χ2n) is 2.23. The first-order chi connectivity index (χ1) is 6.67. The molecule has 0 aliphatic rings. The first-order valence-electron chi connectivity index (χ1n) is 3.56. The second-order valence-corrected chi connectivity index (χ2v) is 3.31. The molecular weight excluding hydrogens is 204 g/mol. The molecule has 0 saturated heterocycles. The quantitative estimate of drug-likeness (QED) is 0.584. The van der Waals surface area contributed by atoms with Gasteiger partial charge in [0.25, 0.3) is 5.56 Å². The van der Waals surface area contributed by atoms with Gasteiger partial charge in [-0.25, -0.2) is 4.79 Å². The molecule has 0 aliphatic heterocycles. The zero-order valence-corrected chi connectivity index (χ0v) is 8.05. The third kappa shape index (κ3) is 2.31. The molecule has 0 bridgehead atoms. The smallest absolute Gasteiger partial charge is 0.332 e. The summed E-state index contributed by atoms with van der Waals surface area (Å²) in [5.41, 5.74) is -0.401. The number of aromatic nitrogens is 1. The van der Waals surface area contributed by atoms with Crippen LogP contribution in [0.3, 0.4) is 0 Å². The SMILES string of the molecule is COC(=O)/C=c1\s/c(=C\C#N)[nH]c1=O. The molecule has 0 unspecified atom stereocenters. The molecule has 0 aromatic carbocycles. The predicted molar refractivity (Wildman–Crippen MR) is 50.7 cm³/mol. The zero-order valence-electron chi connectivity index (χ0n) is 7.23. The van der Waals surface area contributed by atoms with Crippen molar-refractivity contribution in [1.82, 2.24) is 4.98 Å². The molecule has 6 heteroatoms. The number of carbonyl (C=O) groups is 1. The molecule has 0 aliphatic carbocycles. The average Bonchev–Trinajstić information content (AvgIpc) is 2.47. The number of nitrogens with one attached hydrogen (secondary N) is 1. The predicted octanol–water partition coefficient (Wildman–Crippen LogP) is -1.31. The Hall–Kier alpha value is -1.87. The zero-order chi connectivity index (χ0) is 10.6. The van der Waals surface area contributed by atoms with E-state index >= 15 is 0 Å². The second kappa shape index (κ2) is 4.39. The minimum Gasteiger partial charge on any atom is -0.466 e. The van der Waals surface area contributed by atoms with Crippen LogP contribution >= 0.6 is 11.3 Å². The van der Waals surface area contributed by atoms with Gasteiger partial charge in [-0.15, -0.1) is 11.3 Å². The fourth-order valence-electron chi connectivity index (χ4n) is 0.749. The lowest BCUT2D eigenvalue weighted by Crippen LogP contribution is -2.21. The molecule has 14 heavy (non-hydrogen) atoms. The largest absolute Gasteiger partial charge is 0.466 e. The number of carbonyl (C=O) groups excluding carboxylic acids is 1. The third-order valence-corrected chi connectivity index (χ3v) is 2.29. The molecule has 1 aromatic rings. The number of ether oxygens (including phenoxy) is 1. The molecule has 0 fully saturated rings. The van der Waals surface area contributed by atoms with Crippen LogP contribution in [-0.4, -0.2) is 18.1 Å². The van der Waals surface area contributed by atoms with E-state index in [0.717, 1.165) is 17.4 Å². The van der Waals surface area contributed by atoms with Crippen molar-refractivity contribution in [1.29, 1.82) is 5.26 Å². The van der Waals surface area contributed by atoms with Crippen LogP contribution in [0.5, 0.6) is 0 Å². The standard InChI is InChI=1S/C8H6N2O3S/c1-13-7(11)4-5-8(12)10-6(14-5)2-3-9/h2,4H,1H3,(H,10,12)/b5-4-,6-2-. The highest BCUT2D eigenvalue weighted by molar-refractivity contribution is 7.07. The first kappa shape index (κ1) is 10.2. The number of rotatable bonds is 1. The Morgan fingerprint density at radius 2 is 2.43 bits per heavy atom. The monoisotopic (exact) mass is 210 g/mol. The number of H-pyrrole nitrogens is 1. The Kier molecular flexibility index (Phi) is 3.20. The van der Waals surface area contributed by atoms with Crippen LogP contribution in [0.2, 0.25) is 0 Å². The summed E-state index contributed by atoms with van der Waals surface area (Å²) in [6.45, 7) is 0. The van der Waals surface area contributed by atoms with Gasteiger partial charge in [-0.05, 0) is 0 Å². The van der Waals surface area contributed by atoms with Crippen LogP contribution < -0.4 is 14.8 Å². The fraction of sp³-hybridized carbons (Fsp3) is 0.125. The summed E-state index contributed by atoms with van der Waals surface area (Å²) in [5.74, 6) is -0.596. The summed E-state index contributed by atoms with van der Waals surface area (Å²) in [6.07, 6.45) is 2.28. The Morgan fingerprint density at radius 1 is 1.71 bits per heavy atom. The molecule has 0 atom stereocenters. The van der Waals surface area contributed by atoms with Crippen molar-refractivity contribution in [2.24, 2.45) is 0 Å². The lowest BCUT2D eigenvalue weighted by Gasteiger charge is -1.85. The van der Waals surface area contributed by atoms with Crippen LogP contribution in [0, 0.1) is 11.3 Å². The third-order valence-electron chi connectivity index (χ3n) is 1.33. The Labute approximate surface area is 82.6 Å². The van der Waals surface area contributed by atoms with Crippen molar-refractivity contribution < 1.29 is 9.53 Å². The highest BCUT2D eigenvalue weighted by Crippen LogP contribution is 1.75. The molecule has 5 nitrogen and oxygen atoms in total. The number of esters is 1. The molecule has 1 heterocycles. The first-order valence-corrected chi connectivity index (χ1v) is 4.37. The van der Waals surface area contributed by atoms with E-state index in [-0.39, 0.29) is 4.53 Å². The number of hydrogen-bond acceptors (Lipinski definition) is 5. The van der Waals surface area contributed by atoms with E-state index in [1.54, 1.807) is 6.07 Å². The minimum atomic E-state index is -0.596. The van der Waals surface area contributed by atoms with Gasteiger partial charge in [0.1, 0.15) is 9.20 Å². The highest BCUT2D eigenvalue weighted by atomic mass is 32.1. The van der Waals surface area contributed by atoms with E-state index in [2.05, 4.69) is 9.72 Å². The number of methoxy groups -OCH3 is 1. The maximum atomic E-state index is 11.2. The maximum absolute atomic E-state index is 11.2. The highest BCUT2D eigenvalue weighted by Gasteiger charge is 1.97. The summed E-state index contributed by atoms with van der Waals surface area (Å²) in [4.78, 5) is 24.4. The number of aromatic amines is 1. The van der Waals surface area contributed by atoms with Crippen molar-refractivity contribution in [3.05, 3.63) is 19.5 Å². The van der Waals surface area contributed by atoms with E-state index in [9.17, 15) is 9.59 Å². The van der Waals surface area contributed by atoms with Crippen molar-refractivity contribution in [2.75, 3.05) is 7.11 Å². The van der Waals surface area contributed by atoms with Crippen molar-refractivity contribution >= 4 is 29.5 Å². The normalized spacial score (nSPS) is 12.6. The molecule has 1 rings (SSSR count). The number of hydrogen-bond donors (Lipinski definition) is 1. The number of nitriles is 1. The van der Waals surface area contributed by atoms with Crippen molar-refractivity contribution in [3.63, 3.8) is 0 Å². The lowest BCUT2D eigenvalue weighted by atomic mass is 10.6. The summed E-state index contributed by atoms with van der Waals surface area (Å²) >= 11 is 1.03. The Morgan fingerprint density at radius 3 is 3.00 bits per heavy atom. The molecule has 0 amide bonds. The summed E-state index contributed by atoms with van der Waals surface area (Å²) in [5, 5.41) is 8.33. The molecule has 0 radical (unpaired) electrons. The van der Waals surface area contributed by atoms with Gasteiger partial charge in [-0.2, -0.15) is 5.26 Å². The van der Waals surface area contributed by atoms with Gasteiger partial charge in [0.2, 0.25) is 0 Å². The van der Waals surface area contributed by atoms with E-state index in [4.69, 9.17) is 5.26 Å². The Bertz CT molecular complexity index is 546. The van der Waals surface area contributed by atoms with Crippen LogP contribution in [0.4, 0.5) is 0 Å². The minimum absolute atomic E-state index is 0.221. The fourth-order valence-corrected chi connectivity index (χ4v) is 1.54. The van der Waals surface area contributed by atoms with Gasteiger partial charge in [0.15, 0.2) is 0 Å².